The minimum absolute atomic E-state index is 0. The fourth-order valence-electron chi connectivity index (χ4n) is 2.50. The minimum Gasteiger partial charge on any atom is -0.384 e. The Bertz CT molecular complexity index is 1000. The fraction of sp³-hybridized carbons (Fsp3) is 0.125. The van der Waals surface area contributed by atoms with Crippen LogP contribution in [-0.4, -0.2) is 29.2 Å². The van der Waals surface area contributed by atoms with Gasteiger partial charge in [-0.2, -0.15) is 0 Å². The van der Waals surface area contributed by atoms with Gasteiger partial charge in [-0.05, 0) is 42.8 Å². The van der Waals surface area contributed by atoms with Gasteiger partial charge in [0, 0.05) is 29.8 Å². The van der Waals surface area contributed by atoms with Crippen molar-refractivity contribution in [2.75, 3.05) is 16.7 Å². The summed E-state index contributed by atoms with van der Waals surface area (Å²) >= 11 is 0. The number of pyridine rings is 1. The van der Waals surface area contributed by atoms with Crippen LogP contribution in [0.3, 0.4) is 0 Å². The van der Waals surface area contributed by atoms with Crippen molar-refractivity contribution in [2.45, 2.75) is 6.92 Å². The molecule has 0 bridgehead atoms. The van der Waals surface area contributed by atoms with Gasteiger partial charge in [0.05, 0.1) is 11.9 Å². The van der Waals surface area contributed by atoms with E-state index in [9.17, 15) is 8.42 Å². The lowest BCUT2D eigenvalue weighted by Gasteiger charge is -2.13. The van der Waals surface area contributed by atoms with E-state index in [0.717, 1.165) is 28.9 Å². The van der Waals surface area contributed by atoms with Crippen LogP contribution in [0.5, 0.6) is 0 Å². The van der Waals surface area contributed by atoms with Gasteiger partial charge in [-0.1, -0.05) is 0 Å². The van der Waals surface area contributed by atoms with Gasteiger partial charge in [0.2, 0.25) is 10.0 Å². The second kappa shape index (κ2) is 7.12. The highest BCUT2D eigenvalue weighted by Gasteiger charge is 2.11. The molecule has 0 fully saturated rings. The summed E-state index contributed by atoms with van der Waals surface area (Å²) in [6.07, 6.45) is 6.31. The number of rotatable bonds is 4. The number of anilines is 2. The molecule has 0 amide bonds. The molecule has 0 atom stereocenters. The molecule has 0 unspecified atom stereocenters. The Hall–Kier alpha value is -2.58. The van der Waals surface area contributed by atoms with E-state index in [1.807, 2.05) is 29.8 Å². The topological polar surface area (TPSA) is 103 Å². The molecule has 0 radical (unpaired) electrons. The van der Waals surface area contributed by atoms with Crippen molar-refractivity contribution < 1.29 is 8.42 Å². The molecule has 0 aliphatic carbocycles. The van der Waals surface area contributed by atoms with Crippen molar-refractivity contribution in [1.29, 1.82) is 0 Å². The van der Waals surface area contributed by atoms with Crippen LogP contribution in [0.15, 0.2) is 48.9 Å². The maximum absolute atomic E-state index is 11.4. The molecule has 3 aromatic rings. The second-order valence-electron chi connectivity index (χ2n) is 5.47. The lowest BCUT2D eigenvalue weighted by Crippen LogP contribution is -2.10. The van der Waals surface area contributed by atoms with E-state index in [-0.39, 0.29) is 12.4 Å². The maximum Gasteiger partial charge on any atom is 0.229 e. The Morgan fingerprint density at radius 1 is 1.12 bits per heavy atom. The smallest absolute Gasteiger partial charge is 0.229 e. The zero-order valence-corrected chi connectivity index (χ0v) is 15.3. The average molecular weight is 380 g/mol. The van der Waals surface area contributed by atoms with Crippen molar-refractivity contribution in [2.24, 2.45) is 0 Å². The maximum atomic E-state index is 11.4. The first kappa shape index (κ1) is 18.8. The van der Waals surface area contributed by atoms with Gasteiger partial charge >= 0.3 is 0 Å². The summed E-state index contributed by atoms with van der Waals surface area (Å²) < 4.78 is 27.1. The molecule has 9 heteroatoms. The molecule has 2 aromatic heterocycles. The van der Waals surface area contributed by atoms with Crippen molar-refractivity contribution in [3.8, 4) is 17.1 Å². The Morgan fingerprint density at radius 3 is 2.52 bits per heavy atom. The zero-order chi connectivity index (χ0) is 17.3. The van der Waals surface area contributed by atoms with E-state index in [1.54, 1.807) is 30.6 Å². The highest BCUT2D eigenvalue weighted by molar-refractivity contribution is 7.92. The van der Waals surface area contributed by atoms with E-state index in [2.05, 4.69) is 14.7 Å². The minimum atomic E-state index is -3.31. The van der Waals surface area contributed by atoms with Crippen LogP contribution >= 0.6 is 12.4 Å². The standard InChI is InChI=1S/C16H17N5O2S.ClH/c1-11-9-13(20-24(2,22)23)3-4-14(11)21-8-7-19-16(21)12-5-6-18-15(17)10-12;/h3-10,20H,1-2H3,(H2,17,18);1H. The van der Waals surface area contributed by atoms with Gasteiger partial charge in [-0.15, -0.1) is 12.4 Å². The third kappa shape index (κ3) is 4.28. The molecule has 0 spiro atoms. The molecule has 25 heavy (non-hydrogen) atoms. The molecule has 132 valence electrons. The van der Waals surface area contributed by atoms with E-state index in [4.69, 9.17) is 5.73 Å². The van der Waals surface area contributed by atoms with E-state index in [0.29, 0.717) is 11.5 Å². The molecule has 7 nitrogen and oxygen atoms in total. The summed E-state index contributed by atoms with van der Waals surface area (Å²) in [6.45, 7) is 1.91. The summed E-state index contributed by atoms with van der Waals surface area (Å²) in [5, 5.41) is 0. The molecular weight excluding hydrogens is 362 g/mol. The van der Waals surface area contributed by atoms with E-state index < -0.39 is 10.0 Å². The number of sulfonamides is 1. The number of halogens is 1. The summed E-state index contributed by atoms with van der Waals surface area (Å²) in [7, 11) is -3.31. The van der Waals surface area contributed by atoms with Crippen LogP contribution in [0.25, 0.3) is 17.1 Å². The number of hydrogen-bond donors (Lipinski definition) is 2. The normalized spacial score (nSPS) is 11.0. The van der Waals surface area contributed by atoms with Gasteiger partial charge < -0.3 is 5.73 Å². The monoisotopic (exact) mass is 379 g/mol. The van der Waals surface area contributed by atoms with Crippen molar-refractivity contribution >= 4 is 33.9 Å². The first-order valence-corrected chi connectivity index (χ1v) is 9.07. The van der Waals surface area contributed by atoms with Crippen molar-refractivity contribution in [1.82, 2.24) is 14.5 Å². The largest absolute Gasteiger partial charge is 0.384 e. The Morgan fingerprint density at radius 2 is 1.88 bits per heavy atom. The Balaban J connectivity index is 0.00000225. The number of imidazole rings is 1. The van der Waals surface area contributed by atoms with E-state index in [1.165, 1.54) is 0 Å². The third-order valence-electron chi connectivity index (χ3n) is 3.44. The molecule has 3 N–H and O–H groups in total. The lowest BCUT2D eigenvalue weighted by molar-refractivity contribution is 0.607. The SMILES string of the molecule is Cc1cc(NS(C)(=O)=O)ccc1-n1ccnc1-c1ccnc(N)c1.Cl. The predicted molar refractivity (Wildman–Crippen MR) is 102 cm³/mol. The first-order chi connectivity index (χ1) is 11.3. The van der Waals surface area contributed by atoms with Crippen molar-refractivity contribution in [3.05, 3.63) is 54.5 Å². The lowest BCUT2D eigenvalue weighted by atomic mass is 10.1. The summed E-state index contributed by atoms with van der Waals surface area (Å²) in [5.74, 6) is 1.16. The van der Waals surface area contributed by atoms with Gasteiger partial charge in [0.25, 0.3) is 0 Å². The number of benzene rings is 1. The number of aromatic nitrogens is 3. The number of nitrogens with one attached hydrogen (secondary N) is 1. The summed E-state index contributed by atoms with van der Waals surface area (Å²) in [5.41, 5.74) is 8.93. The van der Waals surface area contributed by atoms with Gasteiger partial charge in [0.15, 0.2) is 0 Å². The molecule has 0 aliphatic rings. The van der Waals surface area contributed by atoms with Gasteiger partial charge in [-0.25, -0.2) is 18.4 Å². The zero-order valence-electron chi connectivity index (χ0n) is 13.7. The number of hydrogen-bond acceptors (Lipinski definition) is 5. The van der Waals surface area contributed by atoms with Gasteiger partial charge in [0.1, 0.15) is 11.6 Å². The molecule has 1 aromatic carbocycles. The van der Waals surface area contributed by atoms with Crippen LogP contribution in [0, 0.1) is 6.92 Å². The molecular formula is C16H18ClN5O2S. The fourth-order valence-corrected chi connectivity index (χ4v) is 3.06. The second-order valence-corrected chi connectivity index (χ2v) is 7.21. The molecule has 3 rings (SSSR count). The van der Waals surface area contributed by atoms with Crippen LogP contribution in [0.2, 0.25) is 0 Å². The highest BCUT2D eigenvalue weighted by atomic mass is 35.5. The first-order valence-electron chi connectivity index (χ1n) is 7.17. The quantitative estimate of drug-likeness (QED) is 0.725. The average Bonchev–Trinajstić information content (AvgIpc) is 2.95. The van der Waals surface area contributed by atoms with Crippen LogP contribution in [-0.2, 0) is 10.0 Å². The number of nitrogens with two attached hydrogens (primary N) is 1. The van der Waals surface area contributed by atoms with Gasteiger partial charge in [-0.3, -0.25) is 9.29 Å². The molecule has 2 heterocycles. The predicted octanol–water partition coefficient (Wildman–Crippen LogP) is 2.62. The number of nitrogen functional groups attached to an aromatic ring is 1. The summed E-state index contributed by atoms with van der Waals surface area (Å²) in [6, 6.07) is 8.94. The Kier molecular flexibility index (Phi) is 5.34. The van der Waals surface area contributed by atoms with E-state index >= 15 is 0 Å². The van der Waals surface area contributed by atoms with Crippen LogP contribution in [0.4, 0.5) is 11.5 Å². The molecule has 0 saturated carbocycles. The Labute approximate surface area is 152 Å². The van der Waals surface area contributed by atoms with Crippen LogP contribution in [0.1, 0.15) is 5.56 Å². The molecule has 0 aliphatic heterocycles. The third-order valence-corrected chi connectivity index (χ3v) is 4.05. The number of nitrogens with zero attached hydrogens (tertiary/aromatic N) is 3. The molecule has 0 saturated heterocycles. The highest BCUT2D eigenvalue weighted by Crippen LogP contribution is 2.26. The van der Waals surface area contributed by atoms with Crippen molar-refractivity contribution in [3.63, 3.8) is 0 Å². The van der Waals surface area contributed by atoms with Crippen LogP contribution < -0.4 is 10.5 Å². The summed E-state index contributed by atoms with van der Waals surface area (Å²) in [4.78, 5) is 8.39. The number of aryl methyl sites for hydroxylation is 1.